The highest BCUT2D eigenvalue weighted by Crippen LogP contribution is 2.29. The van der Waals surface area contributed by atoms with Crippen molar-refractivity contribution < 1.29 is 4.74 Å². The van der Waals surface area contributed by atoms with Crippen molar-refractivity contribution in [2.75, 3.05) is 19.8 Å². The van der Waals surface area contributed by atoms with Crippen LogP contribution in [0.4, 0.5) is 0 Å². The molecule has 1 aliphatic rings. The zero-order valence-electron chi connectivity index (χ0n) is 11.3. The van der Waals surface area contributed by atoms with Gasteiger partial charge in [0.25, 0.3) is 0 Å². The monoisotopic (exact) mass is 276 g/mol. The van der Waals surface area contributed by atoms with Gasteiger partial charge in [0.1, 0.15) is 5.01 Å². The van der Waals surface area contributed by atoms with Crippen LogP contribution in [-0.4, -0.2) is 24.7 Å². The van der Waals surface area contributed by atoms with Gasteiger partial charge in [-0.3, -0.25) is 0 Å². The summed E-state index contributed by atoms with van der Waals surface area (Å²) in [7, 11) is 0. The van der Waals surface area contributed by atoms with E-state index < -0.39 is 0 Å². The largest absolute Gasteiger partial charge is 0.381 e. The van der Waals surface area contributed by atoms with Gasteiger partial charge in [-0.2, -0.15) is 0 Å². The lowest BCUT2D eigenvalue weighted by molar-refractivity contribution is 0.0240. The summed E-state index contributed by atoms with van der Waals surface area (Å²) in [6, 6.07) is 8.33. The van der Waals surface area contributed by atoms with Crippen LogP contribution >= 0.6 is 11.3 Å². The molecule has 1 aromatic heterocycles. The van der Waals surface area contributed by atoms with Crippen LogP contribution in [0.1, 0.15) is 24.8 Å². The Morgan fingerprint density at radius 2 is 2.11 bits per heavy atom. The first-order valence-electron chi connectivity index (χ1n) is 6.88. The lowest BCUT2D eigenvalue weighted by Crippen LogP contribution is -2.36. The molecule has 1 aromatic carbocycles. The molecule has 0 radical (unpaired) electrons. The molecule has 19 heavy (non-hydrogen) atoms. The van der Waals surface area contributed by atoms with Crippen molar-refractivity contribution >= 4 is 21.6 Å². The molecule has 1 aliphatic heterocycles. The minimum Gasteiger partial charge on any atom is -0.381 e. The molecule has 3 rings (SSSR count). The van der Waals surface area contributed by atoms with Crippen molar-refractivity contribution in [1.29, 1.82) is 0 Å². The summed E-state index contributed by atoms with van der Waals surface area (Å²) in [5, 5.41) is 4.74. The standard InChI is InChI=1S/C15H20N2OS/c1-15(6-8-18-9-7-15)11-16-10-14-17-12-4-2-3-5-13(12)19-14/h2-5,16H,6-11H2,1H3. The van der Waals surface area contributed by atoms with Crippen molar-refractivity contribution in [3.63, 3.8) is 0 Å². The zero-order valence-corrected chi connectivity index (χ0v) is 12.1. The van der Waals surface area contributed by atoms with E-state index in [-0.39, 0.29) is 0 Å². The van der Waals surface area contributed by atoms with Gasteiger partial charge in [-0.15, -0.1) is 11.3 Å². The summed E-state index contributed by atoms with van der Waals surface area (Å²) in [5.74, 6) is 0. The second-order valence-corrected chi connectivity index (χ2v) is 6.72. The number of nitrogens with one attached hydrogen (secondary N) is 1. The molecule has 0 unspecified atom stereocenters. The van der Waals surface area contributed by atoms with Gasteiger partial charge < -0.3 is 10.1 Å². The molecule has 0 bridgehead atoms. The van der Waals surface area contributed by atoms with E-state index in [9.17, 15) is 0 Å². The number of fused-ring (bicyclic) bond motifs is 1. The Morgan fingerprint density at radius 1 is 1.32 bits per heavy atom. The van der Waals surface area contributed by atoms with Crippen LogP contribution < -0.4 is 5.32 Å². The average molecular weight is 276 g/mol. The predicted octanol–water partition coefficient (Wildman–Crippen LogP) is 3.20. The lowest BCUT2D eigenvalue weighted by Gasteiger charge is -2.33. The molecular formula is C15H20N2OS. The van der Waals surface area contributed by atoms with Gasteiger partial charge in [0.05, 0.1) is 10.2 Å². The fourth-order valence-corrected chi connectivity index (χ4v) is 3.44. The molecule has 0 saturated carbocycles. The number of ether oxygens (including phenoxy) is 1. The summed E-state index contributed by atoms with van der Waals surface area (Å²) < 4.78 is 6.71. The Bertz CT molecular complexity index is 513. The quantitative estimate of drug-likeness (QED) is 0.931. The number of rotatable bonds is 4. The molecule has 0 spiro atoms. The Labute approximate surface area is 118 Å². The number of aromatic nitrogens is 1. The minimum absolute atomic E-state index is 0.384. The van der Waals surface area contributed by atoms with Gasteiger partial charge in [-0.25, -0.2) is 4.98 Å². The number of benzene rings is 1. The maximum absolute atomic E-state index is 5.43. The highest BCUT2D eigenvalue weighted by molar-refractivity contribution is 7.18. The fourth-order valence-electron chi connectivity index (χ4n) is 2.51. The first-order chi connectivity index (χ1) is 9.25. The molecule has 1 saturated heterocycles. The van der Waals surface area contributed by atoms with E-state index in [0.717, 1.165) is 44.7 Å². The van der Waals surface area contributed by atoms with Crippen molar-refractivity contribution in [2.45, 2.75) is 26.3 Å². The van der Waals surface area contributed by atoms with Crippen LogP contribution in [0.3, 0.4) is 0 Å². The lowest BCUT2D eigenvalue weighted by atomic mass is 9.82. The Morgan fingerprint density at radius 3 is 2.89 bits per heavy atom. The molecule has 1 fully saturated rings. The first-order valence-corrected chi connectivity index (χ1v) is 7.70. The maximum atomic E-state index is 5.43. The number of nitrogens with zero attached hydrogens (tertiary/aromatic N) is 1. The summed E-state index contributed by atoms with van der Waals surface area (Å²) in [5.41, 5.74) is 1.50. The van der Waals surface area contributed by atoms with Crippen LogP contribution in [0.25, 0.3) is 10.2 Å². The second kappa shape index (κ2) is 5.57. The number of hydrogen-bond donors (Lipinski definition) is 1. The number of para-hydroxylation sites is 1. The number of thiazole rings is 1. The summed E-state index contributed by atoms with van der Waals surface area (Å²) >= 11 is 1.78. The SMILES string of the molecule is CC1(CNCc2nc3ccccc3s2)CCOCC1. The zero-order chi connectivity index (χ0) is 13.1. The van der Waals surface area contributed by atoms with Gasteiger partial charge in [0, 0.05) is 26.3 Å². The van der Waals surface area contributed by atoms with Crippen LogP contribution in [0.15, 0.2) is 24.3 Å². The molecule has 102 valence electrons. The van der Waals surface area contributed by atoms with E-state index in [0.29, 0.717) is 5.41 Å². The molecule has 3 nitrogen and oxygen atoms in total. The van der Waals surface area contributed by atoms with Crippen molar-refractivity contribution in [1.82, 2.24) is 10.3 Å². The van der Waals surface area contributed by atoms with Gasteiger partial charge in [-0.1, -0.05) is 19.1 Å². The van der Waals surface area contributed by atoms with Gasteiger partial charge in [0.2, 0.25) is 0 Å². The Kier molecular flexibility index (Phi) is 3.82. The molecule has 0 aliphatic carbocycles. The Hall–Kier alpha value is -0.970. The molecule has 0 atom stereocenters. The normalized spacial score (nSPS) is 18.8. The van der Waals surface area contributed by atoms with E-state index in [1.165, 1.54) is 9.71 Å². The van der Waals surface area contributed by atoms with Crippen molar-refractivity contribution in [3.8, 4) is 0 Å². The van der Waals surface area contributed by atoms with Crippen molar-refractivity contribution in [2.24, 2.45) is 5.41 Å². The third-order valence-corrected chi connectivity index (χ3v) is 4.90. The second-order valence-electron chi connectivity index (χ2n) is 5.60. The predicted molar refractivity (Wildman–Crippen MR) is 79.5 cm³/mol. The van der Waals surface area contributed by atoms with Gasteiger partial charge in [-0.05, 0) is 30.4 Å². The van der Waals surface area contributed by atoms with Crippen LogP contribution in [0, 0.1) is 5.41 Å². The van der Waals surface area contributed by atoms with Crippen molar-refractivity contribution in [3.05, 3.63) is 29.3 Å². The van der Waals surface area contributed by atoms with E-state index in [4.69, 9.17) is 4.74 Å². The molecule has 2 heterocycles. The summed E-state index contributed by atoms with van der Waals surface area (Å²) in [6.45, 7) is 6.07. The smallest absolute Gasteiger partial charge is 0.108 e. The van der Waals surface area contributed by atoms with Crippen LogP contribution in [-0.2, 0) is 11.3 Å². The molecule has 0 amide bonds. The third kappa shape index (κ3) is 3.14. The van der Waals surface area contributed by atoms with Gasteiger partial charge in [0.15, 0.2) is 0 Å². The van der Waals surface area contributed by atoms with E-state index in [2.05, 4.69) is 35.4 Å². The van der Waals surface area contributed by atoms with Gasteiger partial charge >= 0.3 is 0 Å². The molecule has 4 heteroatoms. The average Bonchev–Trinajstić information content (AvgIpc) is 2.82. The molecule has 2 aromatic rings. The summed E-state index contributed by atoms with van der Waals surface area (Å²) in [6.07, 6.45) is 2.31. The minimum atomic E-state index is 0.384. The number of hydrogen-bond acceptors (Lipinski definition) is 4. The van der Waals surface area contributed by atoms with Crippen LogP contribution in [0.5, 0.6) is 0 Å². The van der Waals surface area contributed by atoms with E-state index in [1.54, 1.807) is 11.3 Å². The fraction of sp³-hybridized carbons (Fsp3) is 0.533. The topological polar surface area (TPSA) is 34.2 Å². The van der Waals surface area contributed by atoms with Crippen LogP contribution in [0.2, 0.25) is 0 Å². The van der Waals surface area contributed by atoms with E-state index in [1.807, 2.05) is 6.07 Å². The highest BCUT2D eigenvalue weighted by atomic mass is 32.1. The summed E-state index contributed by atoms with van der Waals surface area (Å²) in [4.78, 5) is 4.65. The van der Waals surface area contributed by atoms with E-state index >= 15 is 0 Å². The maximum Gasteiger partial charge on any atom is 0.108 e. The highest BCUT2D eigenvalue weighted by Gasteiger charge is 2.26. The molecular weight excluding hydrogens is 256 g/mol. The third-order valence-electron chi connectivity index (χ3n) is 3.87. The Balaban J connectivity index is 1.57. The first kappa shape index (κ1) is 13.0. The molecule has 1 N–H and O–H groups in total.